The van der Waals surface area contributed by atoms with Crippen LogP contribution in [0, 0.1) is 5.92 Å². The van der Waals surface area contributed by atoms with Crippen LogP contribution >= 0.6 is 23.2 Å². The molecule has 1 atom stereocenters. The lowest BCUT2D eigenvalue weighted by molar-refractivity contribution is -0.153. The highest BCUT2D eigenvalue weighted by molar-refractivity contribution is 6.35. The summed E-state index contributed by atoms with van der Waals surface area (Å²) in [5.74, 6) is -0.736. The molecule has 3 aromatic rings. The van der Waals surface area contributed by atoms with Gasteiger partial charge in [0.1, 0.15) is 6.10 Å². The van der Waals surface area contributed by atoms with E-state index in [2.05, 4.69) is 9.72 Å². The van der Waals surface area contributed by atoms with E-state index in [9.17, 15) is 18.4 Å². The Morgan fingerprint density at radius 1 is 0.952 bits per heavy atom. The van der Waals surface area contributed by atoms with Crippen molar-refractivity contribution in [1.29, 1.82) is 0 Å². The average molecular weight is 626 g/mol. The van der Waals surface area contributed by atoms with E-state index in [1.165, 1.54) is 63.0 Å². The van der Waals surface area contributed by atoms with E-state index >= 15 is 0 Å². The highest BCUT2D eigenvalue weighted by atomic mass is 35.5. The molecule has 2 aromatic carbocycles. The number of nitrogens with zero attached hydrogens (tertiary/aromatic N) is 1. The van der Waals surface area contributed by atoms with Gasteiger partial charge in [-0.15, -0.1) is 0 Å². The summed E-state index contributed by atoms with van der Waals surface area (Å²) in [4.78, 5) is 29.4. The normalized spacial score (nSPS) is 13.3. The van der Waals surface area contributed by atoms with Crippen LogP contribution in [0.4, 0.5) is 8.78 Å². The van der Waals surface area contributed by atoms with Crippen molar-refractivity contribution in [3.05, 3.63) is 75.5 Å². The van der Waals surface area contributed by atoms with E-state index in [-0.39, 0.29) is 33.5 Å². The number of rotatable bonds is 14. The second-order valence-electron chi connectivity index (χ2n) is 9.25. The summed E-state index contributed by atoms with van der Waals surface area (Å²) in [5.41, 5.74) is 0.937. The van der Waals surface area contributed by atoms with Gasteiger partial charge in [0.2, 0.25) is 0 Å². The summed E-state index contributed by atoms with van der Waals surface area (Å²) >= 11 is 12.6. The maximum atomic E-state index is 13.0. The Morgan fingerprint density at radius 2 is 1.64 bits per heavy atom. The smallest absolute Gasteiger partial charge is 0.387 e. The zero-order valence-electron chi connectivity index (χ0n) is 22.6. The Labute approximate surface area is 250 Å². The molecule has 1 fully saturated rings. The molecule has 0 bridgehead atoms. The van der Waals surface area contributed by atoms with Crippen molar-refractivity contribution in [3.63, 3.8) is 0 Å². The van der Waals surface area contributed by atoms with Gasteiger partial charge in [-0.2, -0.15) is 8.78 Å². The molecule has 1 aliphatic carbocycles. The summed E-state index contributed by atoms with van der Waals surface area (Å²) in [6, 6.07) is 8.61. The lowest BCUT2D eigenvalue weighted by Gasteiger charge is -2.21. The van der Waals surface area contributed by atoms with Gasteiger partial charge in [-0.25, -0.2) is 9.59 Å². The SMILES string of the molecule is COc1ccc(C(=O)OCC(=O)O[C@@H](Cc2c(Cl)cncc2Cl)c2ccc(OC(F)F)c(OCC3CC3)c2)cc1OC. The van der Waals surface area contributed by atoms with Crippen LogP contribution in [-0.4, -0.2) is 51.0 Å². The number of methoxy groups -OCH3 is 2. The van der Waals surface area contributed by atoms with Gasteiger partial charge in [-0.1, -0.05) is 29.3 Å². The van der Waals surface area contributed by atoms with Crippen molar-refractivity contribution in [2.45, 2.75) is 32.0 Å². The van der Waals surface area contributed by atoms with E-state index < -0.39 is 31.3 Å². The number of benzene rings is 2. The number of alkyl halides is 2. The Bertz CT molecular complexity index is 1400. The monoisotopic (exact) mass is 625 g/mol. The fourth-order valence-electron chi connectivity index (χ4n) is 3.93. The average Bonchev–Trinajstić information content (AvgIpc) is 3.80. The van der Waals surface area contributed by atoms with Crippen molar-refractivity contribution in [2.24, 2.45) is 5.92 Å². The van der Waals surface area contributed by atoms with Crippen molar-refractivity contribution in [1.82, 2.24) is 4.98 Å². The minimum absolute atomic E-state index is 0.00727. The first-order valence-corrected chi connectivity index (χ1v) is 13.5. The van der Waals surface area contributed by atoms with Crippen molar-refractivity contribution < 1.29 is 46.8 Å². The molecule has 0 saturated heterocycles. The van der Waals surface area contributed by atoms with Gasteiger partial charge in [0.05, 0.1) is 36.4 Å². The highest BCUT2D eigenvalue weighted by Crippen LogP contribution is 2.38. The number of carbonyl (C=O) groups excluding carboxylic acids is 2. The molecule has 0 radical (unpaired) electrons. The fraction of sp³-hybridized carbons (Fsp3) is 0.345. The third-order valence-corrected chi connectivity index (χ3v) is 6.93. The van der Waals surface area contributed by atoms with E-state index in [0.29, 0.717) is 35.2 Å². The summed E-state index contributed by atoms with van der Waals surface area (Å²) < 4.78 is 57.7. The molecule has 0 aliphatic heterocycles. The molecular formula is C29H27Cl2F2NO8. The Hall–Kier alpha value is -3.83. The second kappa shape index (κ2) is 14.4. The predicted octanol–water partition coefficient (Wildman–Crippen LogP) is 6.48. The largest absolute Gasteiger partial charge is 0.493 e. The van der Waals surface area contributed by atoms with Crippen LogP contribution in [0.2, 0.25) is 10.0 Å². The molecule has 4 rings (SSSR count). The van der Waals surface area contributed by atoms with Gasteiger partial charge in [-0.3, -0.25) is 4.98 Å². The van der Waals surface area contributed by atoms with Gasteiger partial charge in [0.15, 0.2) is 29.6 Å². The summed E-state index contributed by atoms with van der Waals surface area (Å²) in [7, 11) is 2.87. The molecule has 9 nitrogen and oxygen atoms in total. The lowest BCUT2D eigenvalue weighted by atomic mass is 10.0. The van der Waals surface area contributed by atoms with Crippen LogP contribution in [0.15, 0.2) is 48.8 Å². The van der Waals surface area contributed by atoms with Crippen LogP contribution < -0.4 is 18.9 Å². The van der Waals surface area contributed by atoms with Crippen molar-refractivity contribution in [2.75, 3.05) is 27.4 Å². The molecular weight excluding hydrogens is 599 g/mol. The van der Waals surface area contributed by atoms with Gasteiger partial charge in [-0.05, 0) is 60.2 Å². The quantitative estimate of drug-likeness (QED) is 0.186. The van der Waals surface area contributed by atoms with Gasteiger partial charge in [0.25, 0.3) is 0 Å². The van der Waals surface area contributed by atoms with Gasteiger partial charge < -0.3 is 28.4 Å². The summed E-state index contributed by atoms with van der Waals surface area (Å²) in [6.45, 7) is -3.47. The molecule has 1 aromatic heterocycles. The minimum Gasteiger partial charge on any atom is -0.493 e. The summed E-state index contributed by atoms with van der Waals surface area (Å²) in [5, 5.41) is 0.456. The first-order chi connectivity index (χ1) is 20.2. The number of hydrogen-bond acceptors (Lipinski definition) is 9. The molecule has 0 amide bonds. The van der Waals surface area contributed by atoms with Crippen LogP contribution in [0.3, 0.4) is 0 Å². The molecule has 1 aliphatic rings. The standard InChI is InChI=1S/C29H27Cl2F2NO8/c1-37-22-7-6-18(10-25(22)38-2)28(36)40-15-27(35)41-24(11-19-20(30)12-34-13-21(19)31)17-5-8-23(42-29(32)33)26(9-17)39-14-16-3-4-16/h5-10,12-13,16,24,29H,3-4,11,14-15H2,1-2H3/t24-/m0/s1. The van der Waals surface area contributed by atoms with E-state index in [1.807, 2.05) is 0 Å². The summed E-state index contributed by atoms with van der Waals surface area (Å²) in [6.07, 6.45) is 3.69. The lowest BCUT2D eigenvalue weighted by Crippen LogP contribution is -2.21. The third-order valence-electron chi connectivity index (χ3n) is 6.28. The third kappa shape index (κ3) is 8.36. The number of halogens is 4. The van der Waals surface area contributed by atoms with Gasteiger partial charge >= 0.3 is 18.6 Å². The van der Waals surface area contributed by atoms with E-state index in [1.54, 1.807) is 0 Å². The maximum Gasteiger partial charge on any atom is 0.387 e. The van der Waals surface area contributed by atoms with Crippen LogP contribution in [0.1, 0.15) is 40.4 Å². The zero-order valence-corrected chi connectivity index (χ0v) is 24.1. The zero-order chi connectivity index (χ0) is 30.2. The Morgan fingerprint density at radius 3 is 2.29 bits per heavy atom. The number of aromatic nitrogens is 1. The van der Waals surface area contributed by atoms with Crippen molar-refractivity contribution in [3.8, 4) is 23.0 Å². The van der Waals surface area contributed by atoms with Crippen molar-refractivity contribution >= 4 is 35.1 Å². The van der Waals surface area contributed by atoms with Crippen LogP contribution in [-0.2, 0) is 20.7 Å². The van der Waals surface area contributed by atoms with Crippen LogP contribution in [0.25, 0.3) is 0 Å². The predicted molar refractivity (Wildman–Crippen MR) is 148 cm³/mol. The molecule has 1 saturated carbocycles. The molecule has 0 spiro atoms. The first kappa shape index (κ1) is 31.1. The topological polar surface area (TPSA) is 102 Å². The Kier molecular flexibility index (Phi) is 10.6. The number of ether oxygens (including phenoxy) is 6. The molecule has 0 N–H and O–H groups in total. The fourth-order valence-corrected chi connectivity index (χ4v) is 4.45. The number of carbonyl (C=O) groups is 2. The van der Waals surface area contributed by atoms with E-state index in [4.69, 9.17) is 46.9 Å². The number of hydrogen-bond donors (Lipinski definition) is 0. The number of esters is 2. The molecule has 42 heavy (non-hydrogen) atoms. The van der Waals surface area contributed by atoms with Gasteiger partial charge in [0, 0.05) is 18.8 Å². The molecule has 0 unspecified atom stereocenters. The van der Waals surface area contributed by atoms with Crippen LogP contribution in [0.5, 0.6) is 23.0 Å². The molecule has 224 valence electrons. The number of pyridine rings is 1. The second-order valence-corrected chi connectivity index (χ2v) is 10.1. The first-order valence-electron chi connectivity index (χ1n) is 12.8. The Balaban J connectivity index is 1.54. The highest BCUT2D eigenvalue weighted by Gasteiger charge is 2.26. The molecule has 1 heterocycles. The minimum atomic E-state index is -3.07. The maximum absolute atomic E-state index is 13.0. The van der Waals surface area contributed by atoms with E-state index in [0.717, 1.165) is 12.8 Å². The molecule has 13 heteroatoms.